The van der Waals surface area contributed by atoms with Gasteiger partial charge in [0, 0.05) is 13.1 Å². The third-order valence-electron chi connectivity index (χ3n) is 7.94. The molecule has 0 amide bonds. The largest absolute Gasteiger partial charge is 0.232 e. The van der Waals surface area contributed by atoms with Crippen LogP contribution < -0.4 is 10.9 Å². The quantitative estimate of drug-likeness (QED) is 0.123. The van der Waals surface area contributed by atoms with Crippen molar-refractivity contribution in [2.75, 3.05) is 13.1 Å². The SMILES string of the molecule is CCCCCCC1(CCCCCC)NN1CCN1NC1(CCCCCC)CCCCCC. The first-order valence-corrected chi connectivity index (χ1v) is 14.8. The molecule has 0 radical (unpaired) electrons. The molecule has 2 saturated heterocycles. The van der Waals surface area contributed by atoms with Gasteiger partial charge in [0.1, 0.15) is 0 Å². The van der Waals surface area contributed by atoms with Crippen molar-refractivity contribution in [3.63, 3.8) is 0 Å². The van der Waals surface area contributed by atoms with E-state index in [4.69, 9.17) is 0 Å². The van der Waals surface area contributed by atoms with E-state index in [1.807, 2.05) is 0 Å². The zero-order valence-corrected chi connectivity index (χ0v) is 22.5. The molecule has 0 aromatic heterocycles. The third-order valence-corrected chi connectivity index (χ3v) is 7.94. The van der Waals surface area contributed by atoms with Crippen molar-refractivity contribution < 1.29 is 0 Å². The molecule has 2 atom stereocenters. The lowest BCUT2D eigenvalue weighted by molar-refractivity contribution is 0.289. The Kier molecular flexibility index (Phi) is 13.8. The smallest absolute Gasteiger partial charge is 0.0974 e. The molecule has 4 heteroatoms. The topological polar surface area (TPSA) is 49.9 Å². The molecule has 2 N–H and O–H groups in total. The second kappa shape index (κ2) is 15.7. The molecule has 0 saturated carbocycles. The Bertz CT molecular complexity index is 400. The minimum absolute atomic E-state index is 0.322. The molecule has 190 valence electrons. The minimum atomic E-state index is 0.322. The predicted molar refractivity (Wildman–Crippen MR) is 140 cm³/mol. The summed E-state index contributed by atoms with van der Waals surface area (Å²) in [6.45, 7) is 11.6. The first-order chi connectivity index (χ1) is 15.7. The molecular weight excluding hydrogens is 392 g/mol. The molecule has 0 spiro atoms. The first kappa shape index (κ1) is 28.1. The number of hydrazine groups is 2. The molecule has 2 heterocycles. The van der Waals surface area contributed by atoms with E-state index in [-0.39, 0.29) is 0 Å². The average molecular weight is 451 g/mol. The van der Waals surface area contributed by atoms with Crippen LogP contribution in [0.5, 0.6) is 0 Å². The molecule has 4 nitrogen and oxygen atoms in total. The van der Waals surface area contributed by atoms with Crippen LogP contribution in [0.2, 0.25) is 0 Å². The number of unbranched alkanes of at least 4 members (excludes halogenated alkanes) is 12. The zero-order chi connectivity index (χ0) is 23.1. The van der Waals surface area contributed by atoms with Crippen molar-refractivity contribution in [3.8, 4) is 0 Å². The highest BCUT2D eigenvalue weighted by Gasteiger charge is 2.53. The molecule has 2 unspecified atom stereocenters. The van der Waals surface area contributed by atoms with Crippen LogP contribution in [0, 0.1) is 0 Å². The molecule has 0 bridgehead atoms. The monoisotopic (exact) mass is 450 g/mol. The van der Waals surface area contributed by atoms with Crippen molar-refractivity contribution in [1.82, 2.24) is 20.9 Å². The number of nitrogens with zero attached hydrogens (tertiary/aromatic N) is 2. The lowest BCUT2D eigenvalue weighted by Crippen LogP contribution is -2.26. The lowest BCUT2D eigenvalue weighted by atomic mass is 9.97. The summed E-state index contributed by atoms with van der Waals surface area (Å²) in [6.07, 6.45) is 27.4. The third kappa shape index (κ3) is 9.60. The number of rotatable bonds is 23. The van der Waals surface area contributed by atoms with E-state index in [0.29, 0.717) is 11.3 Å². The van der Waals surface area contributed by atoms with E-state index in [2.05, 4.69) is 48.6 Å². The van der Waals surface area contributed by atoms with Gasteiger partial charge in [0.25, 0.3) is 0 Å². The molecule has 0 aromatic carbocycles. The summed E-state index contributed by atoms with van der Waals surface area (Å²) in [7, 11) is 0. The molecule has 0 aromatic rings. The average Bonchev–Trinajstić information content (AvgIpc) is 3.69. The van der Waals surface area contributed by atoms with Gasteiger partial charge in [-0.05, 0) is 25.7 Å². The highest BCUT2D eigenvalue weighted by atomic mass is 15.8. The molecular formula is C28H58N4. The van der Waals surface area contributed by atoms with Gasteiger partial charge in [0.15, 0.2) is 0 Å². The Balaban J connectivity index is 1.77. The van der Waals surface area contributed by atoms with Crippen LogP contribution in [0.4, 0.5) is 0 Å². The fraction of sp³-hybridized carbons (Fsp3) is 1.00. The summed E-state index contributed by atoms with van der Waals surface area (Å²) in [5.74, 6) is 0. The van der Waals surface area contributed by atoms with Gasteiger partial charge in [-0.25, -0.2) is 20.9 Å². The van der Waals surface area contributed by atoms with E-state index >= 15 is 0 Å². The van der Waals surface area contributed by atoms with Crippen molar-refractivity contribution >= 4 is 0 Å². The molecule has 0 aliphatic carbocycles. The van der Waals surface area contributed by atoms with Crippen molar-refractivity contribution in [2.45, 2.75) is 167 Å². The van der Waals surface area contributed by atoms with Gasteiger partial charge in [0.2, 0.25) is 0 Å². The standard InChI is InChI=1S/C28H58N4/c1-5-9-13-17-21-27(22-18-14-10-6-2)29-31(27)25-26-32-28(30-32,23-19-15-11-7-3)24-20-16-12-8-4/h29-30H,5-26H2,1-4H3. The Hall–Kier alpha value is -0.160. The number of hydrogen-bond donors (Lipinski definition) is 2. The van der Waals surface area contributed by atoms with Gasteiger partial charge >= 0.3 is 0 Å². The van der Waals surface area contributed by atoms with Gasteiger partial charge in [-0.15, -0.1) is 0 Å². The minimum Gasteiger partial charge on any atom is -0.232 e. The normalized spacial score (nSPS) is 22.9. The molecule has 32 heavy (non-hydrogen) atoms. The Morgan fingerprint density at radius 2 is 0.688 bits per heavy atom. The van der Waals surface area contributed by atoms with E-state index in [1.165, 1.54) is 142 Å². The maximum absolute atomic E-state index is 3.85. The van der Waals surface area contributed by atoms with Gasteiger partial charge in [0.05, 0.1) is 11.3 Å². The van der Waals surface area contributed by atoms with Crippen LogP contribution in [-0.4, -0.2) is 34.4 Å². The van der Waals surface area contributed by atoms with Crippen molar-refractivity contribution in [3.05, 3.63) is 0 Å². The molecule has 2 aliphatic rings. The summed E-state index contributed by atoms with van der Waals surface area (Å²) in [4.78, 5) is 0. The van der Waals surface area contributed by atoms with E-state index in [9.17, 15) is 0 Å². The van der Waals surface area contributed by atoms with E-state index in [0.717, 1.165) is 0 Å². The van der Waals surface area contributed by atoms with Crippen molar-refractivity contribution in [1.29, 1.82) is 0 Å². The van der Waals surface area contributed by atoms with Crippen LogP contribution in [0.1, 0.15) is 156 Å². The van der Waals surface area contributed by atoms with E-state index in [1.54, 1.807) is 0 Å². The van der Waals surface area contributed by atoms with Gasteiger partial charge in [-0.2, -0.15) is 0 Å². The van der Waals surface area contributed by atoms with Gasteiger partial charge in [-0.3, -0.25) is 0 Å². The molecule has 2 rings (SSSR count). The lowest BCUT2D eigenvalue weighted by Gasteiger charge is -2.17. The van der Waals surface area contributed by atoms with Crippen molar-refractivity contribution in [2.24, 2.45) is 0 Å². The Labute approximate surface area is 201 Å². The van der Waals surface area contributed by atoms with Gasteiger partial charge < -0.3 is 0 Å². The second-order valence-electron chi connectivity index (χ2n) is 10.8. The fourth-order valence-corrected chi connectivity index (χ4v) is 5.58. The molecule has 2 fully saturated rings. The maximum Gasteiger partial charge on any atom is 0.0974 e. The zero-order valence-electron chi connectivity index (χ0n) is 22.5. The number of nitrogens with one attached hydrogen (secondary N) is 2. The summed E-state index contributed by atoms with van der Waals surface area (Å²) >= 11 is 0. The fourth-order valence-electron chi connectivity index (χ4n) is 5.58. The van der Waals surface area contributed by atoms with Crippen LogP contribution in [-0.2, 0) is 0 Å². The van der Waals surface area contributed by atoms with Crippen LogP contribution in [0.15, 0.2) is 0 Å². The predicted octanol–water partition coefficient (Wildman–Crippen LogP) is 7.90. The van der Waals surface area contributed by atoms with E-state index < -0.39 is 0 Å². The summed E-state index contributed by atoms with van der Waals surface area (Å²) in [6, 6.07) is 0. The molecule has 2 aliphatic heterocycles. The second-order valence-corrected chi connectivity index (χ2v) is 10.8. The summed E-state index contributed by atoms with van der Waals surface area (Å²) in [5, 5.41) is 5.20. The first-order valence-electron chi connectivity index (χ1n) is 14.8. The van der Waals surface area contributed by atoms with Gasteiger partial charge in [-0.1, -0.05) is 130 Å². The Morgan fingerprint density at radius 1 is 0.406 bits per heavy atom. The van der Waals surface area contributed by atoms with Crippen LogP contribution in [0.3, 0.4) is 0 Å². The Morgan fingerprint density at radius 3 is 0.938 bits per heavy atom. The van der Waals surface area contributed by atoms with Crippen LogP contribution >= 0.6 is 0 Å². The summed E-state index contributed by atoms with van der Waals surface area (Å²) < 4.78 is 0. The summed E-state index contributed by atoms with van der Waals surface area (Å²) in [5.41, 5.74) is 8.33. The highest BCUT2D eigenvalue weighted by molar-refractivity contribution is 5.01. The number of hydrogen-bond acceptors (Lipinski definition) is 4. The van der Waals surface area contributed by atoms with Crippen LogP contribution in [0.25, 0.3) is 0 Å². The maximum atomic E-state index is 3.85. The highest BCUT2D eigenvalue weighted by Crippen LogP contribution is 2.39.